The molecule has 0 aliphatic rings. The lowest BCUT2D eigenvalue weighted by Gasteiger charge is -2.04. The third-order valence-corrected chi connectivity index (χ3v) is 2.05. The molecule has 0 unspecified atom stereocenters. The highest BCUT2D eigenvalue weighted by Gasteiger charge is 2.12. The summed E-state index contributed by atoms with van der Waals surface area (Å²) in [5.41, 5.74) is 6.15. The second-order valence-corrected chi connectivity index (χ2v) is 3.37. The maximum absolute atomic E-state index is 11.4. The summed E-state index contributed by atoms with van der Waals surface area (Å²) in [4.78, 5) is 19.4. The summed E-state index contributed by atoms with van der Waals surface area (Å²) in [5, 5.41) is 4.00. The van der Waals surface area contributed by atoms with Gasteiger partial charge in [-0.05, 0) is 6.92 Å². The minimum atomic E-state index is -0.588. The molecule has 0 aliphatic heterocycles. The van der Waals surface area contributed by atoms with Gasteiger partial charge in [0.05, 0.1) is 7.11 Å². The first kappa shape index (κ1) is 11.1. The topological polar surface area (TPSA) is 95.9 Å². The SMILES string of the molecule is COC(=O)c1nc(C)cc(-n2ccc(N)n2)n1. The Hall–Kier alpha value is -2.44. The van der Waals surface area contributed by atoms with E-state index in [9.17, 15) is 4.79 Å². The number of nitrogen functional groups attached to an aromatic ring is 1. The molecular formula is C10H11N5O2. The van der Waals surface area contributed by atoms with Crippen LogP contribution >= 0.6 is 0 Å². The predicted molar refractivity (Wildman–Crippen MR) is 59.6 cm³/mol. The maximum atomic E-state index is 11.4. The van der Waals surface area contributed by atoms with Gasteiger partial charge in [-0.25, -0.2) is 19.4 Å². The van der Waals surface area contributed by atoms with Crippen molar-refractivity contribution in [1.82, 2.24) is 19.7 Å². The van der Waals surface area contributed by atoms with Crippen LogP contribution < -0.4 is 5.73 Å². The zero-order valence-electron chi connectivity index (χ0n) is 9.41. The van der Waals surface area contributed by atoms with Crippen LogP contribution in [0.25, 0.3) is 5.82 Å². The van der Waals surface area contributed by atoms with Gasteiger partial charge in [-0.15, -0.1) is 5.10 Å². The van der Waals surface area contributed by atoms with Gasteiger partial charge in [0.2, 0.25) is 5.82 Å². The third-order valence-electron chi connectivity index (χ3n) is 2.05. The van der Waals surface area contributed by atoms with Crippen molar-refractivity contribution in [3.63, 3.8) is 0 Å². The number of aryl methyl sites for hydroxylation is 1. The molecule has 0 spiro atoms. The fourth-order valence-corrected chi connectivity index (χ4v) is 1.32. The number of carbonyl (C=O) groups excluding carboxylic acids is 1. The van der Waals surface area contributed by atoms with E-state index in [1.807, 2.05) is 0 Å². The van der Waals surface area contributed by atoms with E-state index in [1.54, 1.807) is 25.3 Å². The number of hydrogen-bond donors (Lipinski definition) is 1. The Morgan fingerprint density at radius 3 is 2.82 bits per heavy atom. The third kappa shape index (κ3) is 2.22. The molecule has 0 saturated carbocycles. The van der Waals surface area contributed by atoms with Crippen molar-refractivity contribution in [1.29, 1.82) is 0 Å². The number of esters is 1. The Labute approximate surface area is 97.2 Å². The lowest BCUT2D eigenvalue weighted by atomic mass is 10.4. The number of nitrogens with two attached hydrogens (primary N) is 1. The second-order valence-electron chi connectivity index (χ2n) is 3.37. The molecule has 17 heavy (non-hydrogen) atoms. The van der Waals surface area contributed by atoms with Crippen LogP contribution in [0.4, 0.5) is 5.82 Å². The fraction of sp³-hybridized carbons (Fsp3) is 0.200. The molecule has 0 saturated heterocycles. The fourth-order valence-electron chi connectivity index (χ4n) is 1.32. The lowest BCUT2D eigenvalue weighted by Crippen LogP contribution is -2.11. The van der Waals surface area contributed by atoms with E-state index in [4.69, 9.17) is 5.73 Å². The summed E-state index contributed by atoms with van der Waals surface area (Å²) in [7, 11) is 1.28. The Bertz CT molecular complexity index is 564. The van der Waals surface area contributed by atoms with E-state index in [0.717, 1.165) is 0 Å². The quantitative estimate of drug-likeness (QED) is 0.751. The minimum absolute atomic E-state index is 0.00317. The molecule has 0 fully saturated rings. The van der Waals surface area contributed by atoms with E-state index in [2.05, 4.69) is 19.8 Å². The molecule has 0 aliphatic carbocycles. The van der Waals surface area contributed by atoms with Crippen molar-refractivity contribution in [3.8, 4) is 5.82 Å². The average molecular weight is 233 g/mol. The summed E-state index contributed by atoms with van der Waals surface area (Å²) in [5.74, 6) is 0.252. The molecule has 0 amide bonds. The van der Waals surface area contributed by atoms with E-state index in [0.29, 0.717) is 17.3 Å². The molecule has 0 radical (unpaired) electrons. The maximum Gasteiger partial charge on any atom is 0.376 e. The average Bonchev–Trinajstić information content (AvgIpc) is 2.74. The van der Waals surface area contributed by atoms with Gasteiger partial charge >= 0.3 is 5.97 Å². The van der Waals surface area contributed by atoms with Gasteiger partial charge in [-0.1, -0.05) is 0 Å². The zero-order valence-corrected chi connectivity index (χ0v) is 9.41. The molecule has 0 bridgehead atoms. The first-order valence-corrected chi connectivity index (χ1v) is 4.85. The van der Waals surface area contributed by atoms with Crippen molar-refractivity contribution < 1.29 is 9.53 Å². The highest BCUT2D eigenvalue weighted by atomic mass is 16.5. The van der Waals surface area contributed by atoms with Crippen molar-refractivity contribution in [2.45, 2.75) is 6.92 Å². The van der Waals surface area contributed by atoms with Crippen LogP contribution in [0.3, 0.4) is 0 Å². The van der Waals surface area contributed by atoms with E-state index < -0.39 is 5.97 Å². The van der Waals surface area contributed by atoms with E-state index >= 15 is 0 Å². The minimum Gasteiger partial charge on any atom is -0.463 e. The molecule has 2 aromatic heterocycles. The van der Waals surface area contributed by atoms with Crippen LogP contribution in [-0.4, -0.2) is 32.8 Å². The summed E-state index contributed by atoms with van der Waals surface area (Å²) in [6, 6.07) is 3.33. The standard InChI is InChI=1S/C10H11N5O2/c1-6-5-8(15-4-3-7(11)14-15)13-9(12-6)10(16)17-2/h3-5H,1-2H3,(H2,11,14). The van der Waals surface area contributed by atoms with Crippen LogP contribution in [0.2, 0.25) is 0 Å². The van der Waals surface area contributed by atoms with Crippen LogP contribution in [0.15, 0.2) is 18.3 Å². The molecule has 7 nitrogen and oxygen atoms in total. The number of ether oxygens (including phenoxy) is 1. The Balaban J connectivity index is 2.48. The predicted octanol–water partition coefficient (Wildman–Crippen LogP) is 0.340. The number of aromatic nitrogens is 4. The van der Waals surface area contributed by atoms with Gasteiger partial charge in [0.15, 0.2) is 5.82 Å². The van der Waals surface area contributed by atoms with Gasteiger partial charge in [-0.2, -0.15) is 0 Å². The molecule has 7 heteroatoms. The number of anilines is 1. The van der Waals surface area contributed by atoms with E-state index in [-0.39, 0.29) is 5.82 Å². The molecule has 2 rings (SSSR count). The van der Waals surface area contributed by atoms with Crippen molar-refractivity contribution in [2.24, 2.45) is 0 Å². The normalized spacial score (nSPS) is 10.2. The Morgan fingerprint density at radius 2 is 2.24 bits per heavy atom. The van der Waals surface area contributed by atoms with Crippen LogP contribution in [0, 0.1) is 6.92 Å². The van der Waals surface area contributed by atoms with Gasteiger partial charge in [0, 0.05) is 24.0 Å². The Kier molecular flexibility index (Phi) is 2.73. The smallest absolute Gasteiger partial charge is 0.376 e. The molecule has 2 aromatic rings. The molecule has 2 N–H and O–H groups in total. The lowest BCUT2D eigenvalue weighted by molar-refractivity contribution is 0.0586. The monoisotopic (exact) mass is 233 g/mol. The molecule has 2 heterocycles. The first-order valence-electron chi connectivity index (χ1n) is 4.85. The zero-order chi connectivity index (χ0) is 12.4. The molecule has 0 aromatic carbocycles. The van der Waals surface area contributed by atoms with Crippen LogP contribution in [0.5, 0.6) is 0 Å². The Morgan fingerprint density at radius 1 is 1.47 bits per heavy atom. The number of rotatable bonds is 2. The first-order chi connectivity index (χ1) is 8.10. The van der Waals surface area contributed by atoms with Crippen LogP contribution in [0.1, 0.15) is 16.3 Å². The largest absolute Gasteiger partial charge is 0.463 e. The second kappa shape index (κ2) is 4.20. The number of nitrogens with zero attached hydrogens (tertiary/aromatic N) is 4. The van der Waals surface area contributed by atoms with E-state index in [1.165, 1.54) is 11.8 Å². The molecule has 88 valence electrons. The summed E-state index contributed by atoms with van der Waals surface area (Å²) in [6.07, 6.45) is 1.65. The molecule has 0 atom stereocenters. The number of hydrogen-bond acceptors (Lipinski definition) is 6. The van der Waals surface area contributed by atoms with Crippen molar-refractivity contribution >= 4 is 11.8 Å². The van der Waals surface area contributed by atoms with Gasteiger partial charge in [0.25, 0.3) is 0 Å². The summed E-state index contributed by atoms with van der Waals surface area (Å²) in [6.45, 7) is 1.75. The molecular weight excluding hydrogens is 222 g/mol. The van der Waals surface area contributed by atoms with Crippen LogP contribution in [-0.2, 0) is 4.74 Å². The van der Waals surface area contributed by atoms with Crippen molar-refractivity contribution in [2.75, 3.05) is 12.8 Å². The van der Waals surface area contributed by atoms with Crippen molar-refractivity contribution in [3.05, 3.63) is 29.8 Å². The highest BCUT2D eigenvalue weighted by Crippen LogP contribution is 2.08. The van der Waals surface area contributed by atoms with Gasteiger partial charge in [0.1, 0.15) is 5.82 Å². The van der Waals surface area contributed by atoms with Gasteiger partial charge in [-0.3, -0.25) is 0 Å². The highest BCUT2D eigenvalue weighted by molar-refractivity contribution is 5.85. The number of methoxy groups -OCH3 is 1. The van der Waals surface area contributed by atoms with Gasteiger partial charge < -0.3 is 10.5 Å². The number of carbonyl (C=O) groups is 1. The summed E-state index contributed by atoms with van der Waals surface area (Å²) >= 11 is 0. The summed E-state index contributed by atoms with van der Waals surface area (Å²) < 4.78 is 6.04.